The lowest BCUT2D eigenvalue weighted by atomic mass is 9.91. The van der Waals surface area contributed by atoms with Crippen molar-refractivity contribution in [3.05, 3.63) is 35.9 Å². The Hall–Kier alpha value is -0.870. The van der Waals surface area contributed by atoms with E-state index in [1.807, 2.05) is 18.2 Å². The zero-order valence-corrected chi connectivity index (χ0v) is 10.1. The first kappa shape index (κ1) is 11.6. The van der Waals surface area contributed by atoms with E-state index >= 15 is 0 Å². The van der Waals surface area contributed by atoms with Gasteiger partial charge in [0.2, 0.25) is 0 Å². The Morgan fingerprint density at radius 3 is 2.31 bits per heavy atom. The molecule has 0 bridgehead atoms. The quantitative estimate of drug-likeness (QED) is 0.863. The Bertz CT molecular complexity index is 462. The van der Waals surface area contributed by atoms with Crippen LogP contribution in [-0.2, 0) is 15.4 Å². The number of benzene rings is 1. The summed E-state index contributed by atoms with van der Waals surface area (Å²) < 4.78 is 22.8. The highest BCUT2D eigenvalue weighted by atomic mass is 32.2. The van der Waals surface area contributed by atoms with Gasteiger partial charge in [-0.2, -0.15) is 0 Å². The van der Waals surface area contributed by atoms with Crippen LogP contribution in [0.25, 0.3) is 0 Å². The molecule has 0 spiro atoms. The number of rotatable bonds is 4. The van der Waals surface area contributed by atoms with Crippen molar-refractivity contribution < 1.29 is 13.5 Å². The van der Waals surface area contributed by atoms with Gasteiger partial charge in [-0.25, -0.2) is 8.42 Å². The van der Waals surface area contributed by atoms with Gasteiger partial charge in [0.15, 0.2) is 9.84 Å². The molecule has 1 aromatic rings. The third-order valence-corrected chi connectivity index (χ3v) is 3.97. The molecule has 0 heterocycles. The van der Waals surface area contributed by atoms with Crippen LogP contribution >= 0.6 is 0 Å². The van der Waals surface area contributed by atoms with Crippen molar-refractivity contribution >= 4 is 9.84 Å². The summed E-state index contributed by atoms with van der Waals surface area (Å²) in [6.07, 6.45) is 2.98. The minimum atomic E-state index is -3.18. The number of aliphatic hydroxyl groups is 1. The van der Waals surface area contributed by atoms with E-state index in [4.69, 9.17) is 0 Å². The van der Waals surface area contributed by atoms with Gasteiger partial charge in [-0.15, -0.1) is 0 Å². The summed E-state index contributed by atoms with van der Waals surface area (Å²) >= 11 is 0. The predicted octanol–water partition coefficient (Wildman–Crippen LogP) is 1.33. The van der Waals surface area contributed by atoms with Crippen LogP contribution < -0.4 is 0 Å². The average molecular weight is 240 g/mol. The highest BCUT2D eigenvalue weighted by Crippen LogP contribution is 2.46. The van der Waals surface area contributed by atoms with E-state index in [9.17, 15) is 13.5 Å². The Labute approximate surface area is 96.0 Å². The third kappa shape index (κ3) is 2.44. The molecule has 4 heteroatoms. The maximum atomic E-state index is 11.4. The van der Waals surface area contributed by atoms with Crippen LogP contribution in [0.2, 0.25) is 0 Å². The van der Waals surface area contributed by atoms with Crippen LogP contribution in [0.3, 0.4) is 0 Å². The maximum absolute atomic E-state index is 11.4. The topological polar surface area (TPSA) is 54.4 Å². The second-order valence-electron chi connectivity index (χ2n) is 4.63. The van der Waals surface area contributed by atoms with Gasteiger partial charge in [-0.1, -0.05) is 30.3 Å². The van der Waals surface area contributed by atoms with Crippen molar-refractivity contribution in [3.63, 3.8) is 0 Å². The molecule has 1 aliphatic carbocycles. The van der Waals surface area contributed by atoms with E-state index in [-0.39, 0.29) is 11.7 Å². The first-order chi connectivity index (χ1) is 7.42. The molecule has 88 valence electrons. The first-order valence-electron chi connectivity index (χ1n) is 5.37. The summed E-state index contributed by atoms with van der Waals surface area (Å²) in [5.41, 5.74) is -0.489. The van der Waals surface area contributed by atoms with Crippen molar-refractivity contribution in [3.8, 4) is 0 Å². The van der Waals surface area contributed by atoms with E-state index < -0.39 is 15.4 Å². The fourth-order valence-corrected chi connectivity index (χ4v) is 3.33. The van der Waals surface area contributed by atoms with Crippen molar-refractivity contribution in [2.45, 2.75) is 18.4 Å². The van der Waals surface area contributed by atoms with Gasteiger partial charge in [0.05, 0.1) is 5.75 Å². The Kier molecular flexibility index (Phi) is 2.80. The standard InChI is InChI=1S/C12H16O3S/c1-16(14,15)9-12(13,11-7-8-11)10-5-3-2-4-6-10/h2-6,11,13H,7-9H2,1H3. The van der Waals surface area contributed by atoms with Crippen molar-refractivity contribution in [1.82, 2.24) is 0 Å². The van der Waals surface area contributed by atoms with Crippen LogP contribution in [0, 0.1) is 5.92 Å². The van der Waals surface area contributed by atoms with Gasteiger partial charge in [0.1, 0.15) is 5.60 Å². The van der Waals surface area contributed by atoms with Crippen molar-refractivity contribution in [2.75, 3.05) is 12.0 Å². The van der Waals surface area contributed by atoms with Gasteiger partial charge in [0, 0.05) is 6.26 Å². The van der Waals surface area contributed by atoms with Crippen LogP contribution in [0.5, 0.6) is 0 Å². The lowest BCUT2D eigenvalue weighted by molar-refractivity contribution is 0.0367. The molecule has 2 rings (SSSR count). The van der Waals surface area contributed by atoms with E-state index in [1.165, 1.54) is 6.26 Å². The molecule has 16 heavy (non-hydrogen) atoms. The summed E-state index contributed by atoms with van der Waals surface area (Å²) in [7, 11) is -3.18. The number of hydrogen-bond donors (Lipinski definition) is 1. The molecule has 0 aromatic heterocycles. The molecule has 1 aromatic carbocycles. The number of hydrogen-bond acceptors (Lipinski definition) is 3. The van der Waals surface area contributed by atoms with E-state index in [0.29, 0.717) is 5.56 Å². The number of sulfone groups is 1. The summed E-state index contributed by atoms with van der Waals surface area (Å²) in [6.45, 7) is 0. The maximum Gasteiger partial charge on any atom is 0.150 e. The largest absolute Gasteiger partial charge is 0.384 e. The fourth-order valence-electron chi connectivity index (χ4n) is 2.12. The van der Waals surface area contributed by atoms with E-state index in [0.717, 1.165) is 12.8 Å². The molecule has 0 amide bonds. The summed E-state index contributed by atoms with van der Waals surface area (Å²) in [6, 6.07) is 9.10. The van der Waals surface area contributed by atoms with Gasteiger partial charge in [-0.3, -0.25) is 0 Å². The lowest BCUT2D eigenvalue weighted by Crippen LogP contribution is -2.36. The molecule has 0 aliphatic heterocycles. The summed E-state index contributed by atoms with van der Waals surface area (Å²) in [5, 5.41) is 10.6. The first-order valence-corrected chi connectivity index (χ1v) is 7.43. The SMILES string of the molecule is CS(=O)(=O)CC(O)(c1ccccc1)C1CC1. The molecule has 1 atom stereocenters. The van der Waals surface area contributed by atoms with E-state index in [1.54, 1.807) is 12.1 Å². The average Bonchev–Trinajstić information content (AvgIpc) is 2.99. The highest BCUT2D eigenvalue weighted by Gasteiger charge is 2.46. The molecule has 0 radical (unpaired) electrons. The van der Waals surface area contributed by atoms with Crippen molar-refractivity contribution in [1.29, 1.82) is 0 Å². The smallest absolute Gasteiger partial charge is 0.150 e. The zero-order valence-electron chi connectivity index (χ0n) is 9.26. The highest BCUT2D eigenvalue weighted by molar-refractivity contribution is 7.90. The molecular weight excluding hydrogens is 224 g/mol. The molecule has 0 saturated heterocycles. The predicted molar refractivity (Wildman–Crippen MR) is 62.8 cm³/mol. The van der Waals surface area contributed by atoms with Crippen LogP contribution in [0.4, 0.5) is 0 Å². The van der Waals surface area contributed by atoms with Crippen LogP contribution in [0.1, 0.15) is 18.4 Å². The minimum absolute atomic E-state index is 0.0876. The minimum Gasteiger partial charge on any atom is -0.384 e. The van der Waals surface area contributed by atoms with E-state index in [2.05, 4.69) is 0 Å². The Morgan fingerprint density at radius 2 is 1.88 bits per heavy atom. The molecule has 1 aliphatic rings. The van der Waals surface area contributed by atoms with Gasteiger partial charge >= 0.3 is 0 Å². The normalized spacial score (nSPS) is 20.4. The van der Waals surface area contributed by atoms with Crippen LogP contribution in [0.15, 0.2) is 30.3 Å². The molecular formula is C12H16O3S. The van der Waals surface area contributed by atoms with Crippen LogP contribution in [-0.4, -0.2) is 25.5 Å². The van der Waals surface area contributed by atoms with Gasteiger partial charge < -0.3 is 5.11 Å². The molecule has 3 nitrogen and oxygen atoms in total. The molecule has 1 saturated carbocycles. The van der Waals surface area contributed by atoms with Gasteiger partial charge in [0.25, 0.3) is 0 Å². The zero-order chi connectivity index (χ0) is 11.8. The monoisotopic (exact) mass is 240 g/mol. The Morgan fingerprint density at radius 1 is 1.31 bits per heavy atom. The molecule has 1 unspecified atom stereocenters. The summed E-state index contributed by atoms with van der Waals surface area (Å²) in [4.78, 5) is 0. The molecule has 1 fully saturated rings. The second-order valence-corrected chi connectivity index (χ2v) is 6.77. The van der Waals surface area contributed by atoms with Gasteiger partial charge in [-0.05, 0) is 24.3 Å². The molecule has 1 N–H and O–H groups in total. The fraction of sp³-hybridized carbons (Fsp3) is 0.500. The Balaban J connectivity index is 2.36. The van der Waals surface area contributed by atoms with Crippen molar-refractivity contribution in [2.24, 2.45) is 5.92 Å². The lowest BCUT2D eigenvalue weighted by Gasteiger charge is -2.27. The summed E-state index contributed by atoms with van der Waals surface area (Å²) in [5.74, 6) is -0.0982. The second kappa shape index (κ2) is 3.86. The third-order valence-electron chi connectivity index (χ3n) is 3.01.